The van der Waals surface area contributed by atoms with Crippen LogP contribution >= 0.6 is 0 Å². The van der Waals surface area contributed by atoms with Gasteiger partial charge in [-0.25, -0.2) is 23.1 Å². The fourth-order valence-electron chi connectivity index (χ4n) is 1.43. The molecule has 0 heterocycles. The number of nitrogens with two attached hydrogens (primary N) is 1. The van der Waals surface area contributed by atoms with Gasteiger partial charge in [-0.1, -0.05) is 12.1 Å². The Kier molecular flexibility index (Phi) is 5.28. The van der Waals surface area contributed by atoms with Gasteiger partial charge in [0.25, 0.3) is 0 Å². The maximum atomic E-state index is 11.6. The monoisotopic (exact) mass is 337 g/mol. The fourth-order valence-corrected chi connectivity index (χ4v) is 2.91. The van der Waals surface area contributed by atoms with E-state index in [1.165, 1.54) is 31.2 Å². The van der Waals surface area contributed by atoms with Gasteiger partial charge in [-0.15, -0.1) is 0 Å². The number of primary sulfonamides is 1. The molecule has 1 amide bonds. The summed E-state index contributed by atoms with van der Waals surface area (Å²) in [6, 6.07) is 4.62. The summed E-state index contributed by atoms with van der Waals surface area (Å²) in [5.41, 5.74) is 0.484. The molecule has 21 heavy (non-hydrogen) atoms. The smallest absolute Gasteiger partial charge is 0.421 e. The number of nitrogens with one attached hydrogen (secondary N) is 2. The number of hydrogen-bond donors (Lipinski definition) is 3. The highest BCUT2D eigenvalue weighted by Crippen LogP contribution is 2.15. The van der Waals surface area contributed by atoms with Crippen LogP contribution < -0.4 is 14.6 Å². The van der Waals surface area contributed by atoms with Gasteiger partial charge in [0, 0.05) is 6.04 Å². The number of methoxy groups -OCH3 is 1. The molecule has 1 unspecified atom stereocenters. The van der Waals surface area contributed by atoms with Crippen LogP contribution in [0.5, 0.6) is 0 Å². The first-order chi connectivity index (χ1) is 9.55. The average molecular weight is 337 g/mol. The number of hydrogen-bond acceptors (Lipinski definition) is 6. The van der Waals surface area contributed by atoms with Crippen molar-refractivity contribution in [1.82, 2.24) is 9.44 Å². The molecule has 0 aliphatic carbocycles. The molecule has 1 aromatic carbocycles. The molecule has 4 N–H and O–H groups in total. The Hall–Kier alpha value is -1.69. The van der Waals surface area contributed by atoms with Gasteiger partial charge in [0.15, 0.2) is 0 Å². The minimum absolute atomic E-state index is 0.0889. The van der Waals surface area contributed by atoms with Crippen molar-refractivity contribution in [1.29, 1.82) is 0 Å². The van der Waals surface area contributed by atoms with Crippen molar-refractivity contribution >= 4 is 26.3 Å². The Balaban J connectivity index is 2.85. The van der Waals surface area contributed by atoms with E-state index in [4.69, 9.17) is 5.14 Å². The zero-order valence-electron chi connectivity index (χ0n) is 11.2. The molecular formula is C10H15N3O6S2. The maximum absolute atomic E-state index is 11.6. The molecule has 0 aromatic heterocycles. The molecule has 1 aromatic rings. The summed E-state index contributed by atoms with van der Waals surface area (Å²) in [6.07, 6.45) is -1.13. The molecule has 0 aliphatic rings. The first-order valence-corrected chi connectivity index (χ1v) is 8.59. The van der Waals surface area contributed by atoms with E-state index in [-0.39, 0.29) is 4.90 Å². The molecule has 0 bridgehead atoms. The highest BCUT2D eigenvalue weighted by molar-refractivity contribution is 7.89. The summed E-state index contributed by atoms with van der Waals surface area (Å²) in [6.45, 7) is 1.52. The van der Waals surface area contributed by atoms with E-state index < -0.39 is 32.4 Å². The third-order valence-corrected chi connectivity index (χ3v) is 4.47. The van der Waals surface area contributed by atoms with Crippen molar-refractivity contribution in [2.75, 3.05) is 7.11 Å². The van der Waals surface area contributed by atoms with Crippen LogP contribution in [0.4, 0.5) is 4.79 Å². The Morgan fingerprint density at radius 2 is 1.71 bits per heavy atom. The Morgan fingerprint density at radius 3 is 2.14 bits per heavy atom. The van der Waals surface area contributed by atoms with Crippen LogP contribution in [-0.4, -0.2) is 30.0 Å². The predicted octanol–water partition coefficient (Wildman–Crippen LogP) is -0.415. The molecule has 0 spiro atoms. The van der Waals surface area contributed by atoms with Gasteiger partial charge in [-0.2, -0.15) is 13.1 Å². The lowest BCUT2D eigenvalue weighted by Crippen LogP contribution is -2.41. The zero-order chi connectivity index (χ0) is 16.3. The quantitative estimate of drug-likeness (QED) is 0.666. The fraction of sp³-hybridized carbons (Fsp3) is 0.300. The van der Waals surface area contributed by atoms with E-state index in [1.807, 2.05) is 0 Å². The standard InChI is InChI=1S/C10H15N3O6S2/c1-7(12-21(17,18)13-10(14)19-2)8-3-5-9(6-4-8)20(11,15)16/h3-7,12H,1-2H3,(H,13,14)(H2,11,15,16). The molecule has 1 atom stereocenters. The van der Waals surface area contributed by atoms with Crippen molar-refractivity contribution in [3.63, 3.8) is 0 Å². The topological polar surface area (TPSA) is 145 Å². The van der Waals surface area contributed by atoms with Crippen LogP contribution in [0.3, 0.4) is 0 Å². The van der Waals surface area contributed by atoms with Gasteiger partial charge in [0.2, 0.25) is 10.0 Å². The van der Waals surface area contributed by atoms with Gasteiger partial charge < -0.3 is 4.74 Å². The highest BCUT2D eigenvalue weighted by Gasteiger charge is 2.19. The van der Waals surface area contributed by atoms with Gasteiger partial charge in [0.1, 0.15) is 0 Å². The normalized spacial score (nSPS) is 13.5. The van der Waals surface area contributed by atoms with Crippen LogP contribution in [0.1, 0.15) is 18.5 Å². The number of amides is 1. The number of benzene rings is 1. The molecule has 9 nitrogen and oxygen atoms in total. The van der Waals surface area contributed by atoms with Crippen molar-refractivity contribution < 1.29 is 26.4 Å². The number of sulfonamides is 1. The predicted molar refractivity (Wildman–Crippen MR) is 73.8 cm³/mol. The van der Waals surface area contributed by atoms with Crippen molar-refractivity contribution in [3.05, 3.63) is 29.8 Å². The SMILES string of the molecule is COC(=O)NS(=O)(=O)NC(C)c1ccc(S(N)(=O)=O)cc1. The van der Waals surface area contributed by atoms with E-state index >= 15 is 0 Å². The van der Waals surface area contributed by atoms with Gasteiger partial charge >= 0.3 is 16.3 Å². The van der Waals surface area contributed by atoms with E-state index in [2.05, 4.69) is 9.46 Å². The molecule has 0 radical (unpaired) electrons. The maximum Gasteiger partial charge on any atom is 0.421 e. The number of carbonyl (C=O) groups is 1. The Morgan fingerprint density at radius 1 is 1.19 bits per heavy atom. The first-order valence-electron chi connectivity index (χ1n) is 5.56. The van der Waals surface area contributed by atoms with Gasteiger partial charge in [0.05, 0.1) is 12.0 Å². The molecule has 1 rings (SSSR count). The van der Waals surface area contributed by atoms with Crippen LogP contribution in [0.15, 0.2) is 29.2 Å². The lowest BCUT2D eigenvalue weighted by Gasteiger charge is -2.15. The van der Waals surface area contributed by atoms with Crippen LogP contribution in [0.25, 0.3) is 0 Å². The zero-order valence-corrected chi connectivity index (χ0v) is 12.9. The summed E-state index contributed by atoms with van der Waals surface area (Å²) < 4.78 is 53.3. The van der Waals surface area contributed by atoms with Crippen molar-refractivity contribution in [3.8, 4) is 0 Å². The second-order valence-corrected chi connectivity index (χ2v) is 7.06. The highest BCUT2D eigenvalue weighted by atomic mass is 32.2. The summed E-state index contributed by atoms with van der Waals surface area (Å²) in [5, 5.41) is 4.95. The summed E-state index contributed by atoms with van der Waals surface area (Å²) >= 11 is 0. The number of ether oxygens (including phenoxy) is 1. The summed E-state index contributed by atoms with van der Waals surface area (Å²) in [7, 11) is -6.88. The summed E-state index contributed by atoms with van der Waals surface area (Å²) in [5.74, 6) is 0. The van der Waals surface area contributed by atoms with E-state index in [0.717, 1.165) is 7.11 Å². The second-order valence-electron chi connectivity index (χ2n) is 4.05. The van der Waals surface area contributed by atoms with Crippen molar-refractivity contribution in [2.24, 2.45) is 5.14 Å². The first kappa shape index (κ1) is 17.4. The molecule has 11 heteroatoms. The Bertz CT molecular complexity index is 712. The van der Waals surface area contributed by atoms with E-state index in [1.54, 1.807) is 4.72 Å². The number of rotatable bonds is 5. The van der Waals surface area contributed by atoms with E-state index in [9.17, 15) is 21.6 Å². The molecule has 0 saturated heterocycles. The van der Waals surface area contributed by atoms with Gasteiger partial charge in [-0.05, 0) is 24.6 Å². The second kappa shape index (κ2) is 6.39. The number of carbonyl (C=O) groups excluding carboxylic acids is 1. The third kappa shape index (κ3) is 5.30. The van der Waals surface area contributed by atoms with Gasteiger partial charge in [-0.3, -0.25) is 0 Å². The third-order valence-electron chi connectivity index (χ3n) is 2.44. The largest absolute Gasteiger partial charge is 0.452 e. The van der Waals surface area contributed by atoms with E-state index in [0.29, 0.717) is 5.56 Å². The molecular weight excluding hydrogens is 322 g/mol. The molecule has 0 saturated carbocycles. The lowest BCUT2D eigenvalue weighted by atomic mass is 10.1. The molecule has 118 valence electrons. The lowest BCUT2D eigenvalue weighted by molar-refractivity contribution is 0.177. The Labute approximate surface area is 122 Å². The average Bonchev–Trinajstić information content (AvgIpc) is 2.36. The van der Waals surface area contributed by atoms with Crippen LogP contribution in [-0.2, 0) is 25.0 Å². The minimum atomic E-state index is -4.10. The molecule has 0 fully saturated rings. The molecule has 0 aliphatic heterocycles. The van der Waals surface area contributed by atoms with Crippen molar-refractivity contribution in [2.45, 2.75) is 17.9 Å². The minimum Gasteiger partial charge on any atom is -0.452 e. The summed E-state index contributed by atoms with van der Waals surface area (Å²) in [4.78, 5) is 10.8. The van der Waals surface area contributed by atoms with Crippen LogP contribution in [0.2, 0.25) is 0 Å². The van der Waals surface area contributed by atoms with Crippen LogP contribution in [0, 0.1) is 0 Å².